The molecule has 250 valence electrons. The van der Waals surface area contributed by atoms with Gasteiger partial charge in [0, 0.05) is 44.8 Å². The van der Waals surface area contributed by atoms with Gasteiger partial charge in [-0.3, -0.25) is 19.4 Å². The van der Waals surface area contributed by atoms with E-state index in [-0.39, 0.29) is 30.4 Å². The highest BCUT2D eigenvalue weighted by molar-refractivity contribution is 6.30. The fourth-order valence-corrected chi connectivity index (χ4v) is 7.46. The molecular weight excluding hydrogens is 614 g/mol. The molecule has 0 radical (unpaired) electrons. The summed E-state index contributed by atoms with van der Waals surface area (Å²) in [6.45, 7) is 7.23. The lowest BCUT2D eigenvalue weighted by molar-refractivity contribution is -0.135. The molecule has 1 saturated heterocycles. The third-order valence-electron chi connectivity index (χ3n) is 9.89. The topological polar surface area (TPSA) is 78.5 Å². The fraction of sp³-hybridized carbons (Fsp3) is 0.486. The molecule has 3 aliphatic rings. The van der Waals surface area contributed by atoms with Crippen LogP contribution in [0.25, 0.3) is 0 Å². The van der Waals surface area contributed by atoms with Gasteiger partial charge < -0.3 is 19.3 Å². The maximum atomic E-state index is 13.9. The lowest BCUT2D eigenvalue weighted by atomic mass is 9.84. The lowest BCUT2D eigenvalue weighted by Gasteiger charge is -2.41. The Bertz CT molecular complexity index is 1570. The first kappa shape index (κ1) is 33.1. The molecule has 0 bridgehead atoms. The smallest absolute Gasteiger partial charge is 0.236 e. The predicted molar refractivity (Wildman–Crippen MR) is 186 cm³/mol. The number of fused-ring (bicyclic) bond motifs is 1. The van der Waals surface area contributed by atoms with Crippen molar-refractivity contribution in [3.8, 4) is 11.5 Å². The van der Waals surface area contributed by atoms with E-state index >= 15 is 0 Å². The number of amides is 2. The summed E-state index contributed by atoms with van der Waals surface area (Å²) < 4.78 is 11.8. The first-order valence-electron chi connectivity index (χ1n) is 16.7. The normalized spacial score (nSPS) is 22.0. The summed E-state index contributed by atoms with van der Waals surface area (Å²) >= 11 is 6.28. The molecule has 1 aliphatic carbocycles. The van der Waals surface area contributed by atoms with E-state index in [0.717, 1.165) is 73.5 Å². The number of ether oxygens (including phenoxy) is 2. The fourth-order valence-electron chi connectivity index (χ4n) is 7.34. The van der Waals surface area contributed by atoms with Gasteiger partial charge in [-0.15, -0.1) is 0 Å². The van der Waals surface area contributed by atoms with Crippen molar-refractivity contribution in [1.29, 1.82) is 0 Å². The number of pyridine rings is 1. The monoisotopic (exact) mass is 659 g/mol. The molecule has 1 atom stereocenters. The quantitative estimate of drug-likeness (QED) is 0.280. The second-order valence-corrected chi connectivity index (χ2v) is 13.9. The number of carbonyl (C=O) groups excluding carboxylic acids is 2. The first-order chi connectivity index (χ1) is 22.6. The molecule has 2 aromatic carbocycles. The highest BCUT2D eigenvalue weighted by atomic mass is 35.5. The van der Waals surface area contributed by atoms with Gasteiger partial charge in [-0.1, -0.05) is 23.7 Å². The molecule has 10 heteroatoms. The Morgan fingerprint density at radius 1 is 0.979 bits per heavy atom. The number of hydrogen-bond donors (Lipinski definition) is 0. The van der Waals surface area contributed by atoms with Gasteiger partial charge in [-0.25, -0.2) is 4.98 Å². The Balaban J connectivity index is 1.19. The molecule has 6 rings (SSSR count). The number of nitrogens with zero attached hydrogens (tertiary/aromatic N) is 5. The SMILES string of the molecule is COc1cc2c(cc1OC(C)C)C(c1ccc(Cl)cc1)N(c1ccc(N(C)C[C@H]3CC[C@@H](N4CCN(C)C(=O)C4)CC3)nc1)C(=O)C2. The molecule has 1 saturated carbocycles. The molecule has 47 heavy (non-hydrogen) atoms. The summed E-state index contributed by atoms with van der Waals surface area (Å²) in [5.74, 6) is 2.94. The van der Waals surface area contributed by atoms with E-state index in [9.17, 15) is 9.59 Å². The van der Waals surface area contributed by atoms with Crippen molar-refractivity contribution in [2.45, 2.75) is 64.1 Å². The minimum Gasteiger partial charge on any atom is -0.493 e. The van der Waals surface area contributed by atoms with Gasteiger partial charge in [-0.05, 0) is 98.5 Å². The molecule has 3 aromatic rings. The van der Waals surface area contributed by atoms with Gasteiger partial charge in [0.2, 0.25) is 11.8 Å². The van der Waals surface area contributed by atoms with Crippen LogP contribution < -0.4 is 19.3 Å². The zero-order valence-electron chi connectivity index (χ0n) is 28.1. The third kappa shape index (κ3) is 7.21. The second kappa shape index (κ2) is 14.1. The van der Waals surface area contributed by atoms with Crippen LogP contribution in [0.4, 0.5) is 11.5 Å². The highest BCUT2D eigenvalue weighted by Crippen LogP contribution is 2.44. The summed E-state index contributed by atoms with van der Waals surface area (Å²) in [4.78, 5) is 39.3. The Labute approximate surface area is 283 Å². The summed E-state index contributed by atoms with van der Waals surface area (Å²) in [5, 5.41) is 0.637. The number of likely N-dealkylation sites (N-methyl/N-ethyl adjacent to an activating group) is 1. The van der Waals surface area contributed by atoms with Crippen molar-refractivity contribution in [3.63, 3.8) is 0 Å². The number of halogens is 1. The highest BCUT2D eigenvalue weighted by Gasteiger charge is 2.37. The minimum absolute atomic E-state index is 0.0151. The van der Waals surface area contributed by atoms with Crippen LogP contribution in [0.5, 0.6) is 11.5 Å². The second-order valence-electron chi connectivity index (χ2n) is 13.5. The van der Waals surface area contributed by atoms with Crippen LogP contribution in [0.2, 0.25) is 5.02 Å². The number of anilines is 2. The first-order valence-corrected chi connectivity index (χ1v) is 17.1. The zero-order valence-corrected chi connectivity index (χ0v) is 28.9. The maximum absolute atomic E-state index is 13.9. The maximum Gasteiger partial charge on any atom is 0.236 e. The van der Waals surface area contributed by atoms with Gasteiger partial charge in [0.25, 0.3) is 0 Å². The summed E-state index contributed by atoms with van der Waals surface area (Å²) in [6, 6.07) is 15.7. The van der Waals surface area contributed by atoms with E-state index in [1.54, 1.807) is 7.11 Å². The number of rotatable bonds is 9. The van der Waals surface area contributed by atoms with Crippen molar-refractivity contribution < 1.29 is 19.1 Å². The van der Waals surface area contributed by atoms with E-state index in [1.807, 2.05) is 85.4 Å². The molecule has 2 aliphatic heterocycles. The largest absolute Gasteiger partial charge is 0.493 e. The van der Waals surface area contributed by atoms with E-state index < -0.39 is 0 Å². The molecule has 2 fully saturated rings. The lowest BCUT2D eigenvalue weighted by Crippen LogP contribution is -2.53. The average Bonchev–Trinajstić information content (AvgIpc) is 3.06. The van der Waals surface area contributed by atoms with Crippen LogP contribution in [-0.2, 0) is 16.0 Å². The van der Waals surface area contributed by atoms with Gasteiger partial charge in [0.15, 0.2) is 11.5 Å². The van der Waals surface area contributed by atoms with Crippen molar-refractivity contribution in [3.05, 3.63) is 76.4 Å². The number of carbonyl (C=O) groups is 2. The van der Waals surface area contributed by atoms with Gasteiger partial charge in [0.1, 0.15) is 5.82 Å². The molecular formula is C37H46ClN5O4. The Kier molecular flexibility index (Phi) is 9.94. The van der Waals surface area contributed by atoms with Crippen molar-refractivity contribution >= 4 is 34.9 Å². The van der Waals surface area contributed by atoms with E-state index in [1.165, 1.54) is 0 Å². The molecule has 0 spiro atoms. The molecule has 3 heterocycles. The van der Waals surface area contributed by atoms with Crippen LogP contribution in [0.1, 0.15) is 62.3 Å². The summed E-state index contributed by atoms with van der Waals surface area (Å²) in [6.07, 6.45) is 6.56. The van der Waals surface area contributed by atoms with Gasteiger partial charge in [-0.2, -0.15) is 0 Å². The molecule has 1 aromatic heterocycles. The number of aromatic nitrogens is 1. The summed E-state index contributed by atoms with van der Waals surface area (Å²) in [7, 11) is 5.61. The van der Waals surface area contributed by atoms with Crippen LogP contribution in [0.15, 0.2) is 54.7 Å². The third-order valence-corrected chi connectivity index (χ3v) is 10.1. The number of methoxy groups -OCH3 is 1. The molecule has 1 unspecified atom stereocenters. The van der Waals surface area contributed by atoms with Crippen molar-refractivity contribution in [2.75, 3.05) is 57.2 Å². The van der Waals surface area contributed by atoms with E-state index in [2.05, 4.69) is 16.8 Å². The Hall–Kier alpha value is -3.82. The van der Waals surface area contributed by atoms with E-state index in [4.69, 9.17) is 26.1 Å². The average molecular weight is 660 g/mol. The molecule has 2 amide bonds. The van der Waals surface area contributed by atoms with Crippen LogP contribution in [0, 0.1) is 5.92 Å². The summed E-state index contributed by atoms with van der Waals surface area (Å²) in [5.41, 5.74) is 3.59. The predicted octanol–water partition coefficient (Wildman–Crippen LogP) is 5.98. The number of piperazine rings is 1. The van der Waals surface area contributed by atoms with Gasteiger partial charge in [0.05, 0.1) is 44.1 Å². The van der Waals surface area contributed by atoms with Gasteiger partial charge >= 0.3 is 0 Å². The van der Waals surface area contributed by atoms with Crippen LogP contribution in [-0.4, -0.2) is 86.1 Å². The number of hydrogen-bond acceptors (Lipinski definition) is 7. The molecule has 0 N–H and O–H groups in total. The number of benzene rings is 2. The minimum atomic E-state index is -0.389. The van der Waals surface area contributed by atoms with E-state index in [0.29, 0.717) is 35.0 Å². The standard InChI is InChI=1S/C37H46ClN5O4/c1-24(2)47-33-20-31-27(18-32(33)46-5)19-35(44)43(37(31)26-8-10-28(38)11-9-26)30-14-15-34(39-21-30)41(4)22-25-6-12-29(13-7-25)42-17-16-40(3)36(45)23-42/h8-11,14-15,18,20-21,24-25,29,37H,6-7,12-13,16-17,19,22-23H2,1-5H3/t25-,29+,37?. The van der Waals surface area contributed by atoms with Crippen LogP contribution in [0.3, 0.4) is 0 Å². The Morgan fingerprint density at radius 2 is 1.72 bits per heavy atom. The van der Waals surface area contributed by atoms with Crippen molar-refractivity contribution in [2.24, 2.45) is 5.92 Å². The van der Waals surface area contributed by atoms with Crippen LogP contribution >= 0.6 is 11.6 Å². The molecule has 9 nitrogen and oxygen atoms in total. The zero-order chi connectivity index (χ0) is 33.2. The Morgan fingerprint density at radius 3 is 2.36 bits per heavy atom. The van der Waals surface area contributed by atoms with Crippen molar-refractivity contribution in [1.82, 2.24) is 14.8 Å².